The molecule has 184 valence electrons. The van der Waals surface area contributed by atoms with E-state index >= 15 is 0 Å². The van der Waals surface area contributed by atoms with Crippen LogP contribution in [0.15, 0.2) is 53.5 Å². The number of ether oxygens (including phenoxy) is 1. The highest BCUT2D eigenvalue weighted by Crippen LogP contribution is 2.26. The van der Waals surface area contributed by atoms with Crippen molar-refractivity contribution in [3.63, 3.8) is 0 Å². The Morgan fingerprint density at radius 3 is 2.81 bits per heavy atom. The molecule has 0 aliphatic carbocycles. The predicted molar refractivity (Wildman–Crippen MR) is 132 cm³/mol. The fraction of sp³-hybridized carbons (Fsp3) is 0.269. The van der Waals surface area contributed by atoms with Crippen molar-refractivity contribution < 1.29 is 13.9 Å². The Kier molecular flexibility index (Phi) is 6.43. The first-order valence-corrected chi connectivity index (χ1v) is 11.5. The summed E-state index contributed by atoms with van der Waals surface area (Å²) in [7, 11) is 3.51. The zero-order chi connectivity index (χ0) is 25.2. The van der Waals surface area contributed by atoms with E-state index in [0.29, 0.717) is 48.7 Å². The third-order valence-corrected chi connectivity index (χ3v) is 6.31. The first-order valence-electron chi connectivity index (χ1n) is 11.5. The fourth-order valence-electron chi connectivity index (χ4n) is 4.31. The second kappa shape index (κ2) is 9.82. The Morgan fingerprint density at radius 2 is 2.00 bits per heavy atom. The molecule has 0 unspecified atom stereocenters. The molecule has 36 heavy (non-hydrogen) atoms. The number of carbonyl (C=O) groups excluding carboxylic acids is 1. The molecule has 0 saturated carbocycles. The van der Waals surface area contributed by atoms with Crippen LogP contribution in [0.5, 0.6) is 0 Å². The number of amides is 1. The Balaban J connectivity index is 1.37. The number of H-pyrrole nitrogens is 1. The van der Waals surface area contributed by atoms with Gasteiger partial charge in [-0.2, -0.15) is 5.10 Å². The van der Waals surface area contributed by atoms with Gasteiger partial charge in [0.2, 0.25) is 5.95 Å². The molecular formula is C26H25FN6O3. The predicted octanol–water partition coefficient (Wildman–Crippen LogP) is 2.68. The lowest BCUT2D eigenvalue weighted by atomic mass is 10.0. The number of benzene rings is 2. The molecule has 2 aromatic carbocycles. The maximum atomic E-state index is 14.8. The smallest absolute Gasteiger partial charge is 0.272 e. The standard InChI is InChI=1S/C26H25FN6O3/c1-32(9-10-36-2)26-28-13-17-14-33(15-23(17)29-26)25(35)20-11-16(7-8-21(20)27)12-22-18-5-3-4-6-19(18)24(34)31-30-22/h3-8,11,13H,9-10,12,14-15H2,1-2H3,(H,31,34). The minimum atomic E-state index is -0.593. The van der Waals surface area contributed by atoms with Gasteiger partial charge in [0.25, 0.3) is 11.5 Å². The van der Waals surface area contributed by atoms with Crippen LogP contribution in [0, 0.1) is 5.82 Å². The number of nitrogens with one attached hydrogen (secondary N) is 1. The number of rotatable bonds is 7. The van der Waals surface area contributed by atoms with Crippen molar-refractivity contribution in [2.45, 2.75) is 19.5 Å². The van der Waals surface area contributed by atoms with E-state index < -0.39 is 11.7 Å². The minimum absolute atomic E-state index is 0.0144. The highest BCUT2D eigenvalue weighted by Gasteiger charge is 2.28. The molecule has 3 heterocycles. The molecule has 4 aromatic rings. The highest BCUT2D eigenvalue weighted by atomic mass is 19.1. The van der Waals surface area contributed by atoms with Crippen LogP contribution >= 0.6 is 0 Å². The number of aromatic amines is 1. The lowest BCUT2D eigenvalue weighted by molar-refractivity contribution is 0.0745. The van der Waals surface area contributed by atoms with E-state index in [4.69, 9.17) is 4.74 Å². The number of fused-ring (bicyclic) bond motifs is 2. The molecule has 0 saturated heterocycles. The largest absolute Gasteiger partial charge is 0.383 e. The summed E-state index contributed by atoms with van der Waals surface area (Å²) >= 11 is 0. The van der Waals surface area contributed by atoms with Crippen LogP contribution in [0.2, 0.25) is 0 Å². The average molecular weight is 489 g/mol. The van der Waals surface area contributed by atoms with Crippen LogP contribution in [-0.2, 0) is 24.2 Å². The second-order valence-electron chi connectivity index (χ2n) is 8.75. The fourth-order valence-corrected chi connectivity index (χ4v) is 4.31. The van der Waals surface area contributed by atoms with Crippen molar-refractivity contribution in [1.82, 2.24) is 25.1 Å². The van der Waals surface area contributed by atoms with E-state index in [1.165, 1.54) is 6.07 Å². The number of halogens is 1. The maximum absolute atomic E-state index is 14.8. The third-order valence-electron chi connectivity index (χ3n) is 6.31. The van der Waals surface area contributed by atoms with Crippen LogP contribution in [0.25, 0.3) is 10.8 Å². The Bertz CT molecular complexity index is 1510. The molecule has 0 radical (unpaired) electrons. The summed E-state index contributed by atoms with van der Waals surface area (Å²) in [5.41, 5.74) is 2.66. The monoisotopic (exact) mass is 488 g/mol. The molecule has 0 spiro atoms. The number of methoxy groups -OCH3 is 1. The summed E-state index contributed by atoms with van der Waals surface area (Å²) < 4.78 is 19.9. The Morgan fingerprint density at radius 1 is 1.19 bits per heavy atom. The van der Waals surface area contributed by atoms with E-state index in [0.717, 1.165) is 16.6 Å². The zero-order valence-corrected chi connectivity index (χ0v) is 20.0. The van der Waals surface area contributed by atoms with Gasteiger partial charge in [0.15, 0.2) is 0 Å². The van der Waals surface area contributed by atoms with Gasteiger partial charge in [-0.1, -0.05) is 24.3 Å². The summed E-state index contributed by atoms with van der Waals surface area (Å²) in [5, 5.41) is 7.96. The van der Waals surface area contributed by atoms with E-state index in [1.807, 2.05) is 24.1 Å². The van der Waals surface area contributed by atoms with Gasteiger partial charge in [0, 0.05) is 50.8 Å². The van der Waals surface area contributed by atoms with E-state index in [2.05, 4.69) is 20.2 Å². The lowest BCUT2D eigenvalue weighted by Gasteiger charge is -2.17. The third kappa shape index (κ3) is 4.55. The van der Waals surface area contributed by atoms with Crippen molar-refractivity contribution in [3.8, 4) is 0 Å². The Hall–Kier alpha value is -4.18. The van der Waals surface area contributed by atoms with Crippen molar-refractivity contribution in [1.29, 1.82) is 0 Å². The molecule has 1 amide bonds. The first-order chi connectivity index (χ1) is 17.4. The lowest BCUT2D eigenvalue weighted by Crippen LogP contribution is -2.26. The number of likely N-dealkylation sites (N-methyl/N-ethyl adjacent to an activating group) is 1. The molecular weight excluding hydrogens is 463 g/mol. The van der Waals surface area contributed by atoms with Crippen molar-refractivity contribution in [2.75, 3.05) is 32.2 Å². The molecule has 1 N–H and O–H groups in total. The van der Waals surface area contributed by atoms with E-state index in [-0.39, 0.29) is 17.7 Å². The number of carbonyl (C=O) groups is 1. The summed E-state index contributed by atoms with van der Waals surface area (Å²) in [6.07, 6.45) is 2.05. The van der Waals surface area contributed by atoms with Gasteiger partial charge in [0.05, 0.1) is 35.5 Å². The number of aromatic nitrogens is 4. The van der Waals surface area contributed by atoms with Gasteiger partial charge >= 0.3 is 0 Å². The van der Waals surface area contributed by atoms with Gasteiger partial charge in [-0.25, -0.2) is 19.5 Å². The van der Waals surface area contributed by atoms with E-state index in [9.17, 15) is 14.0 Å². The van der Waals surface area contributed by atoms with Crippen LogP contribution in [0.4, 0.5) is 10.3 Å². The molecule has 0 bridgehead atoms. The van der Waals surface area contributed by atoms with Gasteiger partial charge in [-0.3, -0.25) is 9.59 Å². The normalized spacial score (nSPS) is 12.7. The van der Waals surface area contributed by atoms with Crippen molar-refractivity contribution >= 4 is 22.6 Å². The SMILES string of the molecule is COCCN(C)c1ncc2c(n1)CN(C(=O)c1cc(Cc3n[nH]c(=O)c4ccccc34)ccc1F)C2. The molecule has 1 aliphatic rings. The number of hydrogen-bond donors (Lipinski definition) is 1. The van der Waals surface area contributed by atoms with E-state index in [1.54, 1.807) is 42.5 Å². The average Bonchev–Trinajstić information content (AvgIpc) is 3.33. The Labute approximate surface area is 206 Å². The van der Waals surface area contributed by atoms with Crippen LogP contribution in [0.1, 0.15) is 32.9 Å². The van der Waals surface area contributed by atoms with Gasteiger partial charge in [-0.05, 0) is 23.8 Å². The maximum Gasteiger partial charge on any atom is 0.272 e. The van der Waals surface area contributed by atoms with Gasteiger partial charge < -0.3 is 14.5 Å². The molecule has 9 nitrogen and oxygen atoms in total. The van der Waals surface area contributed by atoms with Crippen LogP contribution in [-0.4, -0.2) is 58.3 Å². The zero-order valence-electron chi connectivity index (χ0n) is 20.0. The number of nitrogens with zero attached hydrogens (tertiary/aromatic N) is 5. The van der Waals surface area contributed by atoms with Gasteiger partial charge in [0.1, 0.15) is 5.82 Å². The molecule has 0 atom stereocenters. The number of hydrogen-bond acceptors (Lipinski definition) is 7. The highest BCUT2D eigenvalue weighted by molar-refractivity contribution is 5.95. The number of anilines is 1. The molecule has 2 aromatic heterocycles. The molecule has 0 fully saturated rings. The summed E-state index contributed by atoms with van der Waals surface area (Å²) in [5.74, 6) is -0.458. The molecule has 5 rings (SSSR count). The second-order valence-corrected chi connectivity index (χ2v) is 8.75. The van der Waals surface area contributed by atoms with Crippen LogP contribution in [0.3, 0.4) is 0 Å². The van der Waals surface area contributed by atoms with Crippen LogP contribution < -0.4 is 10.5 Å². The molecule has 1 aliphatic heterocycles. The summed E-state index contributed by atoms with van der Waals surface area (Å²) in [4.78, 5) is 37.8. The quantitative estimate of drug-likeness (QED) is 0.427. The summed E-state index contributed by atoms with van der Waals surface area (Å²) in [6.45, 7) is 1.76. The summed E-state index contributed by atoms with van der Waals surface area (Å²) in [6, 6.07) is 11.6. The van der Waals surface area contributed by atoms with Crippen molar-refractivity contribution in [2.24, 2.45) is 0 Å². The van der Waals surface area contributed by atoms with Gasteiger partial charge in [-0.15, -0.1) is 0 Å². The minimum Gasteiger partial charge on any atom is -0.383 e. The topological polar surface area (TPSA) is 104 Å². The molecule has 10 heteroatoms. The van der Waals surface area contributed by atoms with Crippen molar-refractivity contribution in [3.05, 3.63) is 92.9 Å². The first kappa shape index (κ1) is 23.6.